The van der Waals surface area contributed by atoms with E-state index in [1.165, 1.54) is 5.82 Å². The maximum absolute atomic E-state index is 11.6. The number of rotatable bonds is 1. The van der Waals surface area contributed by atoms with Crippen LogP contribution in [0.5, 0.6) is 0 Å². The van der Waals surface area contributed by atoms with Gasteiger partial charge in [-0.2, -0.15) is 0 Å². The summed E-state index contributed by atoms with van der Waals surface area (Å²) in [4.78, 5) is 0. The highest BCUT2D eigenvalue weighted by molar-refractivity contribution is 7.60. The summed E-state index contributed by atoms with van der Waals surface area (Å²) in [5.74, 6) is 3.95. The van der Waals surface area contributed by atoms with Gasteiger partial charge in [-0.15, -0.1) is 6.42 Å². The molecule has 0 N–H and O–H groups in total. The first-order valence-corrected chi connectivity index (χ1v) is 4.83. The Kier molecular flexibility index (Phi) is 2.20. The van der Waals surface area contributed by atoms with E-state index in [-0.39, 0.29) is 0 Å². The molecule has 0 saturated carbocycles. The number of terminal acetylenes is 1. The fraction of sp³-hybridized carbons (Fsp3) is 0.429. The van der Waals surface area contributed by atoms with Gasteiger partial charge in [-0.1, -0.05) is 5.92 Å². The molecule has 0 radical (unpaired) electrons. The molecule has 11 heavy (non-hydrogen) atoms. The molecule has 0 amide bonds. The molecule has 0 bridgehead atoms. The van der Waals surface area contributed by atoms with Gasteiger partial charge in [0.1, 0.15) is 0 Å². The molecule has 0 aromatic heterocycles. The standard InChI is InChI=1S/C7H10NO2P/c1-4-7-5-10-11(9,6-7)8(2)3/h1,6H,5H2,2-3H3. The van der Waals surface area contributed by atoms with Crippen LogP contribution < -0.4 is 0 Å². The number of hydrogen-bond donors (Lipinski definition) is 0. The Bertz CT molecular complexity index is 275. The SMILES string of the molecule is C#CC1=CP(=O)(N(C)C)OC1. The fourth-order valence-corrected chi connectivity index (χ4v) is 2.15. The maximum Gasteiger partial charge on any atom is 0.296 e. The normalized spacial score (nSPS) is 30.2. The Balaban J connectivity index is 2.90. The molecule has 0 fully saturated rings. The Morgan fingerprint density at radius 2 is 2.45 bits per heavy atom. The predicted octanol–water partition coefficient (Wildman–Crippen LogP) is 1.29. The van der Waals surface area contributed by atoms with Gasteiger partial charge in [0.15, 0.2) is 0 Å². The quantitative estimate of drug-likeness (QED) is 0.439. The Hall–Kier alpha value is -0.550. The smallest absolute Gasteiger partial charge is 0.296 e. The summed E-state index contributed by atoms with van der Waals surface area (Å²) in [6, 6.07) is 0. The molecule has 0 spiro atoms. The lowest BCUT2D eigenvalue weighted by Crippen LogP contribution is -2.06. The summed E-state index contributed by atoms with van der Waals surface area (Å²) in [5.41, 5.74) is 0.669. The second-order valence-corrected chi connectivity index (χ2v) is 4.93. The molecule has 0 aromatic rings. The summed E-state index contributed by atoms with van der Waals surface area (Å²) in [7, 11) is 0.724. The average molecular weight is 171 g/mol. The van der Waals surface area contributed by atoms with Gasteiger partial charge in [-0.05, 0) is 14.1 Å². The van der Waals surface area contributed by atoms with E-state index in [4.69, 9.17) is 10.9 Å². The van der Waals surface area contributed by atoms with Crippen molar-refractivity contribution in [2.24, 2.45) is 0 Å². The zero-order valence-corrected chi connectivity index (χ0v) is 7.47. The summed E-state index contributed by atoms with van der Waals surface area (Å²) < 4.78 is 18.2. The molecule has 3 nitrogen and oxygen atoms in total. The minimum absolute atomic E-state index is 0.298. The first-order chi connectivity index (χ1) is 5.08. The van der Waals surface area contributed by atoms with Crippen molar-refractivity contribution in [1.29, 1.82) is 0 Å². The van der Waals surface area contributed by atoms with E-state index in [1.807, 2.05) is 0 Å². The summed E-state index contributed by atoms with van der Waals surface area (Å²) in [6.45, 7) is 0.298. The van der Waals surface area contributed by atoms with Crippen molar-refractivity contribution in [2.75, 3.05) is 20.7 Å². The summed E-state index contributed by atoms with van der Waals surface area (Å²) >= 11 is 0. The molecular weight excluding hydrogens is 161 g/mol. The van der Waals surface area contributed by atoms with Gasteiger partial charge in [0.25, 0.3) is 7.52 Å². The zero-order valence-electron chi connectivity index (χ0n) is 6.57. The van der Waals surface area contributed by atoms with Crippen LogP contribution in [0.1, 0.15) is 0 Å². The van der Waals surface area contributed by atoms with E-state index < -0.39 is 7.52 Å². The van der Waals surface area contributed by atoms with Crippen LogP contribution in [-0.4, -0.2) is 25.4 Å². The van der Waals surface area contributed by atoms with Crippen molar-refractivity contribution in [3.63, 3.8) is 0 Å². The number of hydrogen-bond acceptors (Lipinski definition) is 2. The first kappa shape index (κ1) is 8.55. The third-order valence-electron chi connectivity index (χ3n) is 1.47. The molecule has 1 aliphatic heterocycles. The Morgan fingerprint density at radius 1 is 1.82 bits per heavy atom. The van der Waals surface area contributed by atoms with Crippen LogP contribution in [0.4, 0.5) is 0 Å². The predicted molar refractivity (Wildman–Crippen MR) is 44.2 cm³/mol. The highest BCUT2D eigenvalue weighted by Gasteiger charge is 2.29. The van der Waals surface area contributed by atoms with Crippen LogP contribution in [0.15, 0.2) is 11.4 Å². The topological polar surface area (TPSA) is 29.5 Å². The van der Waals surface area contributed by atoms with E-state index in [9.17, 15) is 4.57 Å². The maximum atomic E-state index is 11.6. The van der Waals surface area contributed by atoms with Crippen LogP contribution in [0.25, 0.3) is 0 Å². The van der Waals surface area contributed by atoms with Gasteiger partial charge >= 0.3 is 0 Å². The molecule has 1 heterocycles. The lowest BCUT2D eigenvalue weighted by atomic mass is 10.3. The van der Waals surface area contributed by atoms with E-state index in [2.05, 4.69) is 5.92 Å². The highest BCUT2D eigenvalue weighted by Crippen LogP contribution is 2.54. The van der Waals surface area contributed by atoms with Crippen LogP contribution in [0.2, 0.25) is 0 Å². The lowest BCUT2D eigenvalue weighted by molar-refractivity contribution is 0.329. The largest absolute Gasteiger partial charge is 0.309 e. The molecule has 0 aliphatic carbocycles. The van der Waals surface area contributed by atoms with E-state index in [0.717, 1.165) is 0 Å². The molecule has 4 heteroatoms. The second-order valence-electron chi connectivity index (χ2n) is 2.48. The Labute approximate surface area is 66.5 Å². The number of nitrogens with zero attached hydrogens (tertiary/aromatic N) is 1. The van der Waals surface area contributed by atoms with Gasteiger partial charge in [-0.3, -0.25) is 4.57 Å². The van der Waals surface area contributed by atoms with Crippen LogP contribution in [0.3, 0.4) is 0 Å². The molecule has 0 aromatic carbocycles. The molecular formula is C7H10NO2P. The lowest BCUT2D eigenvalue weighted by Gasteiger charge is -2.15. The third-order valence-corrected chi connectivity index (χ3v) is 3.72. The van der Waals surface area contributed by atoms with Crippen LogP contribution in [-0.2, 0) is 9.09 Å². The van der Waals surface area contributed by atoms with Crippen molar-refractivity contribution >= 4 is 7.52 Å². The third kappa shape index (κ3) is 1.54. The van der Waals surface area contributed by atoms with Crippen molar-refractivity contribution in [3.8, 4) is 12.3 Å². The minimum atomic E-state index is -2.69. The van der Waals surface area contributed by atoms with Crippen LogP contribution in [0, 0.1) is 12.3 Å². The van der Waals surface area contributed by atoms with Crippen molar-refractivity contribution in [1.82, 2.24) is 4.67 Å². The van der Waals surface area contributed by atoms with Gasteiger partial charge in [-0.25, -0.2) is 4.67 Å². The molecule has 1 atom stereocenters. The summed E-state index contributed by atoms with van der Waals surface area (Å²) in [5, 5.41) is 0. The Morgan fingerprint density at radius 3 is 2.73 bits per heavy atom. The first-order valence-electron chi connectivity index (χ1n) is 3.19. The summed E-state index contributed by atoms with van der Waals surface area (Å²) in [6.07, 6.45) is 5.12. The molecule has 0 saturated heterocycles. The van der Waals surface area contributed by atoms with Gasteiger partial charge < -0.3 is 4.52 Å². The molecule has 1 aliphatic rings. The minimum Gasteiger partial charge on any atom is -0.309 e. The molecule has 60 valence electrons. The van der Waals surface area contributed by atoms with Gasteiger partial charge in [0.05, 0.1) is 6.61 Å². The van der Waals surface area contributed by atoms with E-state index >= 15 is 0 Å². The van der Waals surface area contributed by atoms with E-state index in [0.29, 0.717) is 12.2 Å². The zero-order chi connectivity index (χ0) is 8.48. The monoisotopic (exact) mass is 171 g/mol. The van der Waals surface area contributed by atoms with Crippen LogP contribution >= 0.6 is 7.52 Å². The van der Waals surface area contributed by atoms with Gasteiger partial charge in [0.2, 0.25) is 0 Å². The molecule has 1 rings (SSSR count). The van der Waals surface area contributed by atoms with Crippen molar-refractivity contribution in [2.45, 2.75) is 0 Å². The second kappa shape index (κ2) is 2.83. The van der Waals surface area contributed by atoms with Crippen molar-refractivity contribution in [3.05, 3.63) is 11.4 Å². The highest BCUT2D eigenvalue weighted by atomic mass is 31.2. The molecule has 1 unspecified atom stereocenters. The van der Waals surface area contributed by atoms with Crippen molar-refractivity contribution < 1.29 is 9.09 Å². The fourth-order valence-electron chi connectivity index (χ4n) is 0.743. The van der Waals surface area contributed by atoms with E-state index in [1.54, 1.807) is 18.8 Å². The van der Waals surface area contributed by atoms with Gasteiger partial charge in [0, 0.05) is 11.4 Å². The average Bonchev–Trinajstić information content (AvgIpc) is 2.33.